The first kappa shape index (κ1) is 16.5. The predicted molar refractivity (Wildman–Crippen MR) is 92.5 cm³/mol. The number of nitrogens with one attached hydrogen (secondary N) is 1. The zero-order valence-corrected chi connectivity index (χ0v) is 13.8. The van der Waals surface area contributed by atoms with Crippen LogP contribution >= 0.6 is 11.6 Å². The van der Waals surface area contributed by atoms with E-state index in [1.807, 2.05) is 30.3 Å². The average molecular weight is 346 g/mol. The van der Waals surface area contributed by atoms with Crippen LogP contribution < -0.4 is 5.32 Å². The molecular formula is C18H17ClFN3O. The Bertz CT molecular complexity index is 862. The fourth-order valence-electron chi connectivity index (χ4n) is 2.59. The molecule has 0 fully saturated rings. The number of aryl methyl sites for hydroxylation is 1. The fourth-order valence-corrected chi connectivity index (χ4v) is 2.84. The number of aromatic nitrogens is 2. The molecule has 0 aliphatic carbocycles. The van der Waals surface area contributed by atoms with Crippen LogP contribution in [0.1, 0.15) is 12.0 Å². The van der Waals surface area contributed by atoms with Gasteiger partial charge in [-0.1, -0.05) is 35.9 Å². The van der Waals surface area contributed by atoms with E-state index in [1.165, 1.54) is 12.1 Å². The second-order valence-corrected chi connectivity index (χ2v) is 5.87. The maximum Gasteiger partial charge on any atom is 0.221 e. The maximum atomic E-state index is 13.1. The lowest BCUT2D eigenvalue weighted by Crippen LogP contribution is -2.26. The molecule has 0 radical (unpaired) electrons. The van der Waals surface area contributed by atoms with Gasteiger partial charge in [-0.15, -0.1) is 0 Å². The third-order valence-corrected chi connectivity index (χ3v) is 4.07. The summed E-state index contributed by atoms with van der Waals surface area (Å²) in [5.74, 6) is -0.330. The van der Waals surface area contributed by atoms with Crippen LogP contribution in [-0.4, -0.2) is 22.2 Å². The van der Waals surface area contributed by atoms with Gasteiger partial charge in [-0.2, -0.15) is 5.10 Å². The number of hydrogen-bond donors (Lipinski definition) is 1. The molecule has 24 heavy (non-hydrogen) atoms. The quantitative estimate of drug-likeness (QED) is 0.742. The molecule has 0 spiro atoms. The molecule has 0 aliphatic heterocycles. The van der Waals surface area contributed by atoms with Crippen molar-refractivity contribution in [1.29, 1.82) is 0 Å². The third kappa shape index (κ3) is 3.92. The van der Waals surface area contributed by atoms with Gasteiger partial charge in [-0.25, -0.2) is 4.39 Å². The zero-order valence-electron chi connectivity index (χ0n) is 13.0. The highest BCUT2D eigenvalue weighted by atomic mass is 35.5. The molecule has 0 saturated heterocycles. The number of carbonyl (C=O) groups is 1. The Balaban J connectivity index is 1.50. The van der Waals surface area contributed by atoms with Gasteiger partial charge in [0.2, 0.25) is 5.91 Å². The minimum Gasteiger partial charge on any atom is -0.356 e. The maximum absolute atomic E-state index is 13.1. The summed E-state index contributed by atoms with van der Waals surface area (Å²) < 4.78 is 14.8. The van der Waals surface area contributed by atoms with Gasteiger partial charge < -0.3 is 5.32 Å². The monoisotopic (exact) mass is 345 g/mol. The molecule has 0 saturated carbocycles. The lowest BCUT2D eigenvalue weighted by Gasteiger charge is -2.06. The molecule has 1 heterocycles. The van der Waals surface area contributed by atoms with Crippen LogP contribution in [0.3, 0.4) is 0 Å². The van der Waals surface area contributed by atoms with E-state index in [9.17, 15) is 9.18 Å². The van der Waals surface area contributed by atoms with Gasteiger partial charge in [0.25, 0.3) is 0 Å². The highest BCUT2D eigenvalue weighted by molar-refractivity contribution is 6.34. The van der Waals surface area contributed by atoms with Crippen molar-refractivity contribution < 1.29 is 9.18 Å². The van der Waals surface area contributed by atoms with E-state index in [4.69, 9.17) is 11.6 Å². The summed E-state index contributed by atoms with van der Waals surface area (Å²) in [6, 6.07) is 14.0. The van der Waals surface area contributed by atoms with Crippen LogP contribution in [0, 0.1) is 5.82 Å². The predicted octanol–water partition coefficient (Wildman–Crippen LogP) is 3.58. The van der Waals surface area contributed by atoms with Crippen molar-refractivity contribution in [3.63, 3.8) is 0 Å². The van der Waals surface area contributed by atoms with Crippen molar-refractivity contribution >= 4 is 28.4 Å². The van der Waals surface area contributed by atoms with Crippen molar-refractivity contribution in [3.8, 4) is 0 Å². The Morgan fingerprint density at radius 3 is 2.88 bits per heavy atom. The fraction of sp³-hybridized carbons (Fsp3) is 0.222. The smallest absolute Gasteiger partial charge is 0.221 e. The Labute approximate surface area is 144 Å². The Morgan fingerprint density at radius 2 is 2.04 bits per heavy atom. The highest BCUT2D eigenvalue weighted by Crippen LogP contribution is 2.22. The molecule has 1 N–H and O–H groups in total. The van der Waals surface area contributed by atoms with E-state index in [0.717, 1.165) is 16.5 Å². The van der Waals surface area contributed by atoms with Crippen molar-refractivity contribution in [2.24, 2.45) is 0 Å². The minimum atomic E-state index is -0.263. The number of carbonyl (C=O) groups excluding carboxylic acids is 1. The number of hydrogen-bond acceptors (Lipinski definition) is 2. The lowest BCUT2D eigenvalue weighted by atomic mass is 10.1. The highest BCUT2D eigenvalue weighted by Gasteiger charge is 2.09. The molecule has 4 nitrogen and oxygen atoms in total. The van der Waals surface area contributed by atoms with Gasteiger partial charge in [0, 0.05) is 18.4 Å². The first-order valence-corrected chi connectivity index (χ1v) is 8.13. The van der Waals surface area contributed by atoms with E-state index in [-0.39, 0.29) is 11.7 Å². The van der Waals surface area contributed by atoms with E-state index in [1.54, 1.807) is 10.7 Å². The molecular weight excluding hydrogens is 329 g/mol. The van der Waals surface area contributed by atoms with Crippen LogP contribution in [0.2, 0.25) is 5.15 Å². The van der Waals surface area contributed by atoms with Crippen LogP contribution in [-0.2, 0) is 17.8 Å². The number of para-hydroxylation sites is 1. The summed E-state index contributed by atoms with van der Waals surface area (Å²) in [5.41, 5.74) is 1.77. The van der Waals surface area contributed by atoms with Crippen LogP contribution in [0.4, 0.5) is 4.39 Å². The SMILES string of the molecule is O=C(CCn1nc(Cl)c2ccccc21)NCCc1cccc(F)c1. The van der Waals surface area contributed by atoms with E-state index in [2.05, 4.69) is 10.4 Å². The number of nitrogens with zero attached hydrogens (tertiary/aromatic N) is 2. The molecule has 0 aliphatic rings. The third-order valence-electron chi connectivity index (χ3n) is 3.79. The number of fused-ring (bicyclic) bond motifs is 1. The van der Waals surface area contributed by atoms with Crippen LogP contribution in [0.5, 0.6) is 0 Å². The van der Waals surface area contributed by atoms with E-state index < -0.39 is 0 Å². The summed E-state index contributed by atoms with van der Waals surface area (Å²) in [5, 5.41) is 8.42. The standard InChI is InChI=1S/C18H17ClFN3O/c19-18-15-6-1-2-7-16(15)23(22-18)11-9-17(24)21-10-8-13-4-3-5-14(20)12-13/h1-7,12H,8-11H2,(H,21,24). The molecule has 0 bridgehead atoms. The molecule has 3 aromatic rings. The summed E-state index contributed by atoms with van der Waals surface area (Å²) in [6.45, 7) is 0.932. The first-order chi connectivity index (χ1) is 11.6. The molecule has 124 valence electrons. The summed E-state index contributed by atoms with van der Waals surface area (Å²) in [6.07, 6.45) is 0.908. The first-order valence-electron chi connectivity index (χ1n) is 7.75. The van der Waals surface area contributed by atoms with E-state index in [0.29, 0.717) is 31.1 Å². The Morgan fingerprint density at radius 1 is 1.21 bits per heavy atom. The van der Waals surface area contributed by atoms with Crippen LogP contribution in [0.25, 0.3) is 10.9 Å². The molecule has 1 aromatic heterocycles. The van der Waals surface area contributed by atoms with Crippen molar-refractivity contribution in [1.82, 2.24) is 15.1 Å². The summed E-state index contributed by atoms with van der Waals surface area (Å²) in [4.78, 5) is 12.0. The van der Waals surface area contributed by atoms with Crippen molar-refractivity contribution in [2.75, 3.05) is 6.54 Å². The number of benzene rings is 2. The van der Waals surface area contributed by atoms with Crippen LogP contribution in [0.15, 0.2) is 48.5 Å². The van der Waals surface area contributed by atoms with Gasteiger partial charge in [0.15, 0.2) is 5.15 Å². The lowest BCUT2D eigenvalue weighted by molar-refractivity contribution is -0.121. The summed E-state index contributed by atoms with van der Waals surface area (Å²) in [7, 11) is 0. The second-order valence-electron chi connectivity index (χ2n) is 5.51. The number of halogens is 2. The normalized spacial score (nSPS) is 10.9. The molecule has 0 atom stereocenters. The van der Waals surface area contributed by atoms with Gasteiger partial charge in [-0.05, 0) is 36.2 Å². The number of amides is 1. The molecule has 2 aromatic carbocycles. The van der Waals surface area contributed by atoms with E-state index >= 15 is 0 Å². The van der Waals surface area contributed by atoms with Crippen molar-refractivity contribution in [3.05, 3.63) is 65.1 Å². The largest absolute Gasteiger partial charge is 0.356 e. The molecule has 6 heteroatoms. The van der Waals surface area contributed by atoms with Crippen molar-refractivity contribution in [2.45, 2.75) is 19.4 Å². The average Bonchev–Trinajstić information content (AvgIpc) is 2.90. The number of rotatable bonds is 6. The van der Waals surface area contributed by atoms with Gasteiger partial charge in [0.05, 0.1) is 12.1 Å². The second kappa shape index (κ2) is 7.45. The van der Waals surface area contributed by atoms with Gasteiger partial charge >= 0.3 is 0 Å². The van der Waals surface area contributed by atoms with Gasteiger partial charge in [0.1, 0.15) is 5.82 Å². The minimum absolute atomic E-state index is 0.0675. The zero-order chi connectivity index (χ0) is 16.9. The topological polar surface area (TPSA) is 46.9 Å². The Kier molecular flexibility index (Phi) is 5.11. The van der Waals surface area contributed by atoms with Gasteiger partial charge in [-0.3, -0.25) is 9.48 Å². The Hall–Kier alpha value is -2.40. The molecule has 3 rings (SSSR count). The summed E-state index contributed by atoms with van der Waals surface area (Å²) >= 11 is 6.09. The molecule has 1 amide bonds. The molecule has 0 unspecified atom stereocenters.